The number of rotatable bonds is 3. The van der Waals surface area contributed by atoms with E-state index >= 15 is 0 Å². The molecule has 2 aliphatic rings. The Hall–Kier alpha value is -1.75. The highest BCUT2D eigenvalue weighted by molar-refractivity contribution is 5.81. The number of nitrogens with zero attached hydrogens (tertiary/aromatic N) is 1. The van der Waals surface area contributed by atoms with Crippen LogP contribution in [0.3, 0.4) is 0 Å². The van der Waals surface area contributed by atoms with Crippen molar-refractivity contribution >= 4 is 5.91 Å². The number of benzene rings is 1. The maximum absolute atomic E-state index is 12.5. The van der Waals surface area contributed by atoms with E-state index in [0.717, 1.165) is 42.9 Å². The summed E-state index contributed by atoms with van der Waals surface area (Å²) in [5, 5.41) is 3.07. The summed E-state index contributed by atoms with van der Waals surface area (Å²) in [5.41, 5.74) is 1.04. The molecule has 0 aromatic heterocycles. The van der Waals surface area contributed by atoms with Gasteiger partial charge in [-0.15, -0.1) is 0 Å². The second-order valence-corrected chi connectivity index (χ2v) is 6.40. The maximum atomic E-state index is 12.5. The van der Waals surface area contributed by atoms with Crippen molar-refractivity contribution in [3.63, 3.8) is 0 Å². The zero-order valence-corrected chi connectivity index (χ0v) is 13.8. The molecule has 1 atom stereocenters. The van der Waals surface area contributed by atoms with Gasteiger partial charge in [-0.25, -0.2) is 0 Å². The van der Waals surface area contributed by atoms with Crippen LogP contribution in [0.4, 0.5) is 0 Å². The van der Waals surface area contributed by atoms with E-state index in [1.165, 1.54) is 12.8 Å². The van der Waals surface area contributed by atoms with Gasteiger partial charge in [0, 0.05) is 13.0 Å². The van der Waals surface area contributed by atoms with Crippen molar-refractivity contribution in [2.75, 3.05) is 26.8 Å². The summed E-state index contributed by atoms with van der Waals surface area (Å²) in [5.74, 6) is 1.70. The number of amides is 1. The maximum Gasteiger partial charge on any atom is 0.237 e. The van der Waals surface area contributed by atoms with E-state index in [-0.39, 0.29) is 11.9 Å². The fourth-order valence-corrected chi connectivity index (χ4v) is 3.21. The van der Waals surface area contributed by atoms with E-state index in [1.807, 2.05) is 25.2 Å². The zero-order chi connectivity index (χ0) is 16.1. The summed E-state index contributed by atoms with van der Waals surface area (Å²) in [4.78, 5) is 14.6. The first-order valence-electron chi connectivity index (χ1n) is 8.60. The van der Waals surface area contributed by atoms with E-state index in [4.69, 9.17) is 9.47 Å². The molecule has 2 heterocycles. The molecule has 1 unspecified atom stereocenters. The lowest BCUT2D eigenvalue weighted by molar-refractivity contribution is -0.126. The number of likely N-dealkylation sites (tertiary alicyclic amines) is 1. The fourth-order valence-electron chi connectivity index (χ4n) is 3.21. The van der Waals surface area contributed by atoms with Crippen LogP contribution in [-0.2, 0) is 11.3 Å². The van der Waals surface area contributed by atoms with Crippen LogP contribution in [0.2, 0.25) is 0 Å². The third-order valence-corrected chi connectivity index (χ3v) is 4.60. The first-order chi connectivity index (χ1) is 11.2. The van der Waals surface area contributed by atoms with E-state index in [1.54, 1.807) is 0 Å². The summed E-state index contributed by atoms with van der Waals surface area (Å²) in [6.45, 7) is 2.90. The summed E-state index contributed by atoms with van der Waals surface area (Å²) >= 11 is 0. The van der Waals surface area contributed by atoms with Crippen LogP contribution < -0.4 is 14.8 Å². The predicted octanol–water partition coefficient (Wildman–Crippen LogP) is 2.34. The standard InChI is InChI=1S/C18H26N2O3/c1-20-9-4-2-3-6-15(20)18(21)19-13-14-7-8-16-17(12-14)23-11-5-10-22-16/h7-8,12,15H,2-6,9-11,13H2,1H3,(H,19,21). The number of carbonyl (C=O) groups is 1. The van der Waals surface area contributed by atoms with Crippen molar-refractivity contribution in [2.45, 2.75) is 44.7 Å². The highest BCUT2D eigenvalue weighted by atomic mass is 16.5. The third kappa shape index (κ3) is 4.16. The normalized spacial score (nSPS) is 22.0. The molecule has 0 spiro atoms. The molecule has 0 aliphatic carbocycles. The minimum atomic E-state index is -0.00193. The Labute approximate surface area is 137 Å². The average molecular weight is 318 g/mol. The number of fused-ring (bicyclic) bond motifs is 1. The Balaban J connectivity index is 1.59. The summed E-state index contributed by atoms with van der Waals surface area (Å²) < 4.78 is 11.3. The highest BCUT2D eigenvalue weighted by Crippen LogP contribution is 2.30. The van der Waals surface area contributed by atoms with Crippen LogP contribution in [0.5, 0.6) is 11.5 Å². The summed E-state index contributed by atoms with van der Waals surface area (Å²) in [6, 6.07) is 5.89. The second-order valence-electron chi connectivity index (χ2n) is 6.40. The van der Waals surface area contributed by atoms with Gasteiger partial charge in [-0.1, -0.05) is 18.9 Å². The molecule has 1 N–H and O–H groups in total. The second kappa shape index (κ2) is 7.68. The van der Waals surface area contributed by atoms with Gasteiger partial charge < -0.3 is 14.8 Å². The van der Waals surface area contributed by atoms with Gasteiger partial charge in [0.05, 0.1) is 19.3 Å². The monoisotopic (exact) mass is 318 g/mol. The fraction of sp³-hybridized carbons (Fsp3) is 0.611. The van der Waals surface area contributed by atoms with Gasteiger partial charge in [-0.2, -0.15) is 0 Å². The number of hydrogen-bond acceptors (Lipinski definition) is 4. The Kier molecular flexibility index (Phi) is 5.39. The van der Waals surface area contributed by atoms with Crippen LogP contribution in [0.15, 0.2) is 18.2 Å². The molecule has 1 amide bonds. The lowest BCUT2D eigenvalue weighted by Gasteiger charge is -2.24. The molecular formula is C18H26N2O3. The van der Waals surface area contributed by atoms with Gasteiger partial charge in [-0.3, -0.25) is 9.69 Å². The average Bonchev–Trinajstić information content (AvgIpc) is 2.92. The lowest BCUT2D eigenvalue weighted by atomic mass is 10.1. The van der Waals surface area contributed by atoms with Gasteiger partial charge >= 0.3 is 0 Å². The third-order valence-electron chi connectivity index (χ3n) is 4.60. The Morgan fingerprint density at radius 2 is 2.00 bits per heavy atom. The van der Waals surface area contributed by atoms with Crippen molar-refractivity contribution in [3.05, 3.63) is 23.8 Å². The van der Waals surface area contributed by atoms with Crippen molar-refractivity contribution in [1.82, 2.24) is 10.2 Å². The van der Waals surface area contributed by atoms with Gasteiger partial charge in [-0.05, 0) is 44.1 Å². The van der Waals surface area contributed by atoms with Gasteiger partial charge in [0.15, 0.2) is 11.5 Å². The van der Waals surface area contributed by atoms with Crippen molar-refractivity contribution in [1.29, 1.82) is 0 Å². The van der Waals surface area contributed by atoms with Crippen LogP contribution in [0.1, 0.15) is 37.7 Å². The minimum Gasteiger partial charge on any atom is -0.490 e. The van der Waals surface area contributed by atoms with Crippen LogP contribution in [0, 0.1) is 0 Å². The molecule has 1 fully saturated rings. The molecule has 3 rings (SSSR count). The molecular weight excluding hydrogens is 292 g/mol. The molecule has 5 nitrogen and oxygen atoms in total. The number of carbonyl (C=O) groups excluding carboxylic acids is 1. The molecule has 126 valence electrons. The molecule has 0 bridgehead atoms. The quantitative estimate of drug-likeness (QED) is 0.929. The van der Waals surface area contributed by atoms with E-state index < -0.39 is 0 Å². The molecule has 1 aromatic carbocycles. The number of hydrogen-bond donors (Lipinski definition) is 1. The topological polar surface area (TPSA) is 50.8 Å². The summed E-state index contributed by atoms with van der Waals surface area (Å²) in [7, 11) is 2.04. The van der Waals surface area contributed by atoms with Crippen molar-refractivity contribution < 1.29 is 14.3 Å². The molecule has 1 saturated heterocycles. The summed E-state index contributed by atoms with van der Waals surface area (Å²) in [6.07, 6.45) is 5.38. The predicted molar refractivity (Wildman–Crippen MR) is 88.8 cm³/mol. The van der Waals surface area contributed by atoms with Crippen molar-refractivity contribution in [3.8, 4) is 11.5 Å². The molecule has 1 aromatic rings. The molecule has 0 saturated carbocycles. The molecule has 2 aliphatic heterocycles. The van der Waals surface area contributed by atoms with E-state index in [0.29, 0.717) is 19.8 Å². The lowest BCUT2D eigenvalue weighted by Crippen LogP contribution is -2.44. The molecule has 5 heteroatoms. The first kappa shape index (κ1) is 16.1. The first-order valence-corrected chi connectivity index (χ1v) is 8.60. The molecule has 23 heavy (non-hydrogen) atoms. The number of ether oxygens (including phenoxy) is 2. The van der Waals surface area contributed by atoms with Crippen LogP contribution >= 0.6 is 0 Å². The van der Waals surface area contributed by atoms with Crippen molar-refractivity contribution in [2.24, 2.45) is 0 Å². The van der Waals surface area contributed by atoms with Crippen LogP contribution in [0.25, 0.3) is 0 Å². The van der Waals surface area contributed by atoms with Gasteiger partial charge in [0.2, 0.25) is 5.91 Å². The van der Waals surface area contributed by atoms with Gasteiger partial charge in [0.1, 0.15) is 0 Å². The van der Waals surface area contributed by atoms with E-state index in [2.05, 4.69) is 10.2 Å². The van der Waals surface area contributed by atoms with Gasteiger partial charge in [0.25, 0.3) is 0 Å². The molecule has 0 radical (unpaired) electrons. The number of nitrogens with one attached hydrogen (secondary N) is 1. The van der Waals surface area contributed by atoms with E-state index in [9.17, 15) is 4.79 Å². The Bertz CT molecular complexity index is 547. The highest BCUT2D eigenvalue weighted by Gasteiger charge is 2.24. The Morgan fingerprint density at radius 3 is 2.87 bits per heavy atom. The Morgan fingerprint density at radius 1 is 1.17 bits per heavy atom. The largest absolute Gasteiger partial charge is 0.490 e. The number of likely N-dealkylation sites (N-methyl/N-ethyl adjacent to an activating group) is 1. The SMILES string of the molecule is CN1CCCCCC1C(=O)NCc1ccc2c(c1)OCCCO2. The minimum absolute atomic E-state index is 0.00193. The zero-order valence-electron chi connectivity index (χ0n) is 13.8. The van der Waals surface area contributed by atoms with Crippen LogP contribution in [-0.4, -0.2) is 43.7 Å². The smallest absolute Gasteiger partial charge is 0.237 e.